The van der Waals surface area contributed by atoms with Crippen LogP contribution in [-0.4, -0.2) is 80.4 Å². The SMILES string of the molecule is CC[C@@H]1CN([C@@H](C)C(=O)NCC(F)(F)F)CCN1CCOC. The van der Waals surface area contributed by atoms with E-state index in [0.29, 0.717) is 25.7 Å². The molecular weight excluding hydrogens is 299 g/mol. The first-order chi connectivity index (χ1) is 10.3. The third-order valence-electron chi connectivity index (χ3n) is 4.08. The molecule has 1 N–H and O–H groups in total. The van der Waals surface area contributed by atoms with Gasteiger partial charge in [-0.05, 0) is 13.3 Å². The summed E-state index contributed by atoms with van der Waals surface area (Å²) in [4.78, 5) is 16.1. The van der Waals surface area contributed by atoms with Crippen LogP contribution in [0.1, 0.15) is 20.3 Å². The Labute approximate surface area is 129 Å². The fourth-order valence-electron chi connectivity index (χ4n) is 2.66. The van der Waals surface area contributed by atoms with Crippen molar-refractivity contribution >= 4 is 5.91 Å². The van der Waals surface area contributed by atoms with E-state index in [1.165, 1.54) is 0 Å². The van der Waals surface area contributed by atoms with Gasteiger partial charge in [0.25, 0.3) is 0 Å². The molecule has 2 atom stereocenters. The summed E-state index contributed by atoms with van der Waals surface area (Å²) in [5, 5.41) is 1.96. The summed E-state index contributed by atoms with van der Waals surface area (Å²) >= 11 is 0. The monoisotopic (exact) mass is 325 g/mol. The van der Waals surface area contributed by atoms with E-state index < -0.39 is 24.7 Å². The van der Waals surface area contributed by atoms with Gasteiger partial charge in [0.05, 0.1) is 12.6 Å². The number of methoxy groups -OCH3 is 1. The van der Waals surface area contributed by atoms with Gasteiger partial charge in [0.1, 0.15) is 6.54 Å². The van der Waals surface area contributed by atoms with E-state index in [1.807, 2.05) is 10.2 Å². The van der Waals surface area contributed by atoms with Gasteiger partial charge in [-0.3, -0.25) is 14.6 Å². The molecule has 1 fully saturated rings. The van der Waals surface area contributed by atoms with Gasteiger partial charge in [0, 0.05) is 39.3 Å². The quantitative estimate of drug-likeness (QED) is 0.761. The Hall–Kier alpha value is -0.860. The van der Waals surface area contributed by atoms with Crippen LogP contribution in [0.4, 0.5) is 13.2 Å². The molecule has 5 nitrogen and oxygen atoms in total. The maximum atomic E-state index is 12.2. The second-order valence-electron chi connectivity index (χ2n) is 5.59. The number of hydrogen-bond acceptors (Lipinski definition) is 4. The van der Waals surface area contributed by atoms with E-state index in [0.717, 1.165) is 19.5 Å². The highest BCUT2D eigenvalue weighted by molar-refractivity contribution is 5.81. The average molecular weight is 325 g/mol. The van der Waals surface area contributed by atoms with E-state index in [-0.39, 0.29) is 0 Å². The lowest BCUT2D eigenvalue weighted by molar-refractivity contribution is -0.142. The summed E-state index contributed by atoms with van der Waals surface area (Å²) < 4.78 is 41.6. The number of rotatable bonds is 7. The van der Waals surface area contributed by atoms with Crippen LogP contribution in [0.5, 0.6) is 0 Å². The van der Waals surface area contributed by atoms with E-state index >= 15 is 0 Å². The van der Waals surface area contributed by atoms with Gasteiger partial charge in [0.15, 0.2) is 0 Å². The Morgan fingerprint density at radius 2 is 2.09 bits per heavy atom. The number of carbonyl (C=O) groups is 1. The molecule has 1 heterocycles. The number of hydrogen-bond donors (Lipinski definition) is 1. The lowest BCUT2D eigenvalue weighted by atomic mass is 10.1. The third-order valence-corrected chi connectivity index (χ3v) is 4.08. The molecular formula is C14H26F3N3O2. The zero-order valence-corrected chi connectivity index (χ0v) is 13.4. The fourth-order valence-corrected chi connectivity index (χ4v) is 2.66. The molecule has 0 bridgehead atoms. The number of halogens is 3. The molecule has 1 aliphatic heterocycles. The molecule has 1 aliphatic rings. The lowest BCUT2D eigenvalue weighted by Crippen LogP contribution is -2.58. The Kier molecular flexibility index (Phi) is 7.58. The zero-order chi connectivity index (χ0) is 16.8. The fraction of sp³-hybridized carbons (Fsp3) is 0.929. The van der Waals surface area contributed by atoms with E-state index in [4.69, 9.17) is 4.74 Å². The van der Waals surface area contributed by atoms with E-state index in [9.17, 15) is 18.0 Å². The van der Waals surface area contributed by atoms with Crippen LogP contribution in [0.2, 0.25) is 0 Å². The van der Waals surface area contributed by atoms with Crippen molar-refractivity contribution in [1.29, 1.82) is 0 Å². The van der Waals surface area contributed by atoms with Crippen LogP contribution in [0, 0.1) is 0 Å². The van der Waals surface area contributed by atoms with Crippen molar-refractivity contribution in [2.75, 3.05) is 46.4 Å². The Bertz CT molecular complexity index is 353. The molecule has 0 aliphatic carbocycles. The van der Waals surface area contributed by atoms with Crippen LogP contribution in [0.25, 0.3) is 0 Å². The molecule has 0 unspecified atom stereocenters. The van der Waals surface area contributed by atoms with Crippen molar-refractivity contribution in [2.24, 2.45) is 0 Å². The van der Waals surface area contributed by atoms with Crippen molar-refractivity contribution in [2.45, 2.75) is 38.5 Å². The molecule has 0 radical (unpaired) electrons. The molecule has 8 heteroatoms. The van der Waals surface area contributed by atoms with Crippen LogP contribution in [0.15, 0.2) is 0 Å². The van der Waals surface area contributed by atoms with Crippen molar-refractivity contribution < 1.29 is 22.7 Å². The summed E-state index contributed by atoms with van der Waals surface area (Å²) in [7, 11) is 1.66. The third kappa shape index (κ3) is 6.10. The summed E-state index contributed by atoms with van der Waals surface area (Å²) in [6, 6.07) is -0.261. The molecule has 130 valence electrons. The lowest BCUT2D eigenvalue weighted by Gasteiger charge is -2.43. The van der Waals surface area contributed by atoms with Gasteiger partial charge in [-0.15, -0.1) is 0 Å². The Morgan fingerprint density at radius 1 is 1.41 bits per heavy atom. The first kappa shape index (κ1) is 19.2. The molecule has 1 rings (SSSR count). The number of nitrogens with zero attached hydrogens (tertiary/aromatic N) is 2. The first-order valence-electron chi connectivity index (χ1n) is 7.60. The molecule has 0 aromatic rings. The Morgan fingerprint density at radius 3 is 2.64 bits per heavy atom. The summed E-state index contributed by atoms with van der Waals surface area (Å²) in [5.41, 5.74) is 0. The molecule has 1 amide bonds. The maximum absolute atomic E-state index is 12.2. The predicted octanol–water partition coefficient (Wildman–Crippen LogP) is 1.10. The largest absolute Gasteiger partial charge is 0.405 e. The predicted molar refractivity (Wildman–Crippen MR) is 77.6 cm³/mol. The minimum atomic E-state index is -4.37. The van der Waals surface area contributed by atoms with Crippen LogP contribution in [0.3, 0.4) is 0 Å². The van der Waals surface area contributed by atoms with Gasteiger partial charge in [-0.2, -0.15) is 13.2 Å². The van der Waals surface area contributed by atoms with Gasteiger partial charge >= 0.3 is 6.18 Å². The zero-order valence-electron chi connectivity index (χ0n) is 13.4. The number of carbonyl (C=O) groups excluding carboxylic acids is 1. The van der Waals surface area contributed by atoms with E-state index in [1.54, 1.807) is 14.0 Å². The summed E-state index contributed by atoms with van der Waals surface area (Å²) in [6.45, 7) is 6.07. The number of amides is 1. The highest BCUT2D eigenvalue weighted by atomic mass is 19.4. The molecule has 0 aromatic heterocycles. The number of ether oxygens (including phenoxy) is 1. The molecule has 0 aromatic carbocycles. The first-order valence-corrected chi connectivity index (χ1v) is 7.60. The molecule has 0 spiro atoms. The van der Waals surface area contributed by atoms with Gasteiger partial charge in [-0.25, -0.2) is 0 Å². The highest BCUT2D eigenvalue weighted by Gasteiger charge is 2.33. The molecule has 1 saturated heterocycles. The minimum Gasteiger partial charge on any atom is -0.383 e. The van der Waals surface area contributed by atoms with Gasteiger partial charge in [0.2, 0.25) is 5.91 Å². The highest BCUT2D eigenvalue weighted by Crippen LogP contribution is 2.16. The van der Waals surface area contributed by atoms with E-state index in [2.05, 4.69) is 11.8 Å². The topological polar surface area (TPSA) is 44.8 Å². The van der Waals surface area contributed by atoms with Gasteiger partial charge in [-0.1, -0.05) is 6.92 Å². The molecule has 0 saturated carbocycles. The standard InChI is InChI=1S/C14H26F3N3O2/c1-4-12-9-20(6-5-19(12)7-8-22-3)11(2)13(21)18-10-14(15,16)17/h11-12H,4-10H2,1-3H3,(H,18,21)/t11-,12+/m0/s1. The molecule has 22 heavy (non-hydrogen) atoms. The number of piperazine rings is 1. The maximum Gasteiger partial charge on any atom is 0.405 e. The number of nitrogens with one attached hydrogen (secondary N) is 1. The van der Waals surface area contributed by atoms with Crippen molar-refractivity contribution in [1.82, 2.24) is 15.1 Å². The smallest absolute Gasteiger partial charge is 0.383 e. The van der Waals surface area contributed by atoms with Gasteiger partial charge < -0.3 is 10.1 Å². The minimum absolute atomic E-state index is 0.293. The van der Waals surface area contributed by atoms with Crippen LogP contribution >= 0.6 is 0 Å². The normalized spacial score (nSPS) is 22.5. The second-order valence-corrected chi connectivity index (χ2v) is 5.59. The van der Waals surface area contributed by atoms with Crippen molar-refractivity contribution in [3.8, 4) is 0 Å². The Balaban J connectivity index is 2.50. The average Bonchev–Trinajstić information content (AvgIpc) is 2.48. The van der Waals surface area contributed by atoms with Crippen molar-refractivity contribution in [3.05, 3.63) is 0 Å². The van der Waals surface area contributed by atoms with Crippen molar-refractivity contribution in [3.63, 3.8) is 0 Å². The number of alkyl halides is 3. The summed E-state index contributed by atoms with van der Waals surface area (Å²) in [6.07, 6.45) is -3.45. The second kappa shape index (κ2) is 8.69. The summed E-state index contributed by atoms with van der Waals surface area (Å²) in [5.74, 6) is -0.572. The van der Waals surface area contributed by atoms with Crippen LogP contribution in [-0.2, 0) is 9.53 Å². The van der Waals surface area contributed by atoms with Crippen LogP contribution < -0.4 is 5.32 Å².